The third-order valence-corrected chi connectivity index (χ3v) is 3.07. The maximum atomic E-state index is 10.1. The van der Waals surface area contributed by atoms with Gasteiger partial charge >= 0.3 is 0 Å². The Morgan fingerprint density at radius 2 is 2.47 bits per heavy atom. The molecular weight excluding hydrogens is 190 g/mol. The van der Waals surface area contributed by atoms with Crippen LogP contribution < -0.4 is 0 Å². The number of aliphatic hydroxyl groups is 1. The smallest absolute Gasteiger partial charge is 0.0649 e. The van der Waals surface area contributed by atoms with Gasteiger partial charge in [0.1, 0.15) is 0 Å². The van der Waals surface area contributed by atoms with E-state index in [1.165, 1.54) is 0 Å². The van der Waals surface area contributed by atoms with Crippen LogP contribution in [-0.4, -0.2) is 28.9 Å². The number of pyridine rings is 1. The Kier molecular flexibility index (Phi) is 3.34. The van der Waals surface area contributed by atoms with E-state index in [-0.39, 0.29) is 18.1 Å². The summed E-state index contributed by atoms with van der Waals surface area (Å²) in [6.45, 7) is 2.80. The molecule has 15 heavy (non-hydrogen) atoms. The molecule has 1 N–H and O–H groups in total. The van der Waals surface area contributed by atoms with Gasteiger partial charge in [-0.1, -0.05) is 6.07 Å². The van der Waals surface area contributed by atoms with Gasteiger partial charge in [-0.3, -0.25) is 4.98 Å². The predicted octanol–water partition coefficient (Wildman–Crippen LogP) is 1.41. The zero-order chi connectivity index (χ0) is 10.7. The van der Waals surface area contributed by atoms with Crippen molar-refractivity contribution in [3.05, 3.63) is 30.1 Å². The second-order valence-electron chi connectivity index (χ2n) is 4.12. The van der Waals surface area contributed by atoms with Crippen LogP contribution in [0.2, 0.25) is 0 Å². The molecule has 3 atom stereocenters. The number of hydrogen-bond donors (Lipinski definition) is 1. The lowest BCUT2D eigenvalue weighted by atomic mass is 9.93. The standard InChI is InChI=1S/C12H17NO2/c1-9-11(5-7-15-9)12(14)8-10-4-2-3-6-13-10/h2-4,6,9,11-12,14H,5,7-8H2,1H3. The fraction of sp³-hybridized carbons (Fsp3) is 0.583. The van der Waals surface area contributed by atoms with E-state index in [2.05, 4.69) is 4.98 Å². The van der Waals surface area contributed by atoms with Crippen molar-refractivity contribution < 1.29 is 9.84 Å². The molecule has 2 rings (SSSR count). The van der Waals surface area contributed by atoms with E-state index in [0.29, 0.717) is 6.42 Å². The van der Waals surface area contributed by atoms with Gasteiger partial charge in [0.25, 0.3) is 0 Å². The van der Waals surface area contributed by atoms with Crippen molar-refractivity contribution in [1.29, 1.82) is 0 Å². The largest absolute Gasteiger partial charge is 0.392 e. The highest BCUT2D eigenvalue weighted by Crippen LogP contribution is 2.25. The Balaban J connectivity index is 1.94. The number of aliphatic hydroxyl groups excluding tert-OH is 1. The van der Waals surface area contributed by atoms with Crippen molar-refractivity contribution in [2.45, 2.75) is 32.0 Å². The molecule has 3 heteroatoms. The van der Waals surface area contributed by atoms with Gasteiger partial charge in [0.15, 0.2) is 0 Å². The first kappa shape index (κ1) is 10.6. The van der Waals surface area contributed by atoms with Gasteiger partial charge in [-0.15, -0.1) is 0 Å². The zero-order valence-electron chi connectivity index (χ0n) is 8.97. The maximum absolute atomic E-state index is 10.1. The number of nitrogens with zero attached hydrogens (tertiary/aromatic N) is 1. The molecule has 0 spiro atoms. The van der Waals surface area contributed by atoms with Gasteiger partial charge in [0.2, 0.25) is 0 Å². The summed E-state index contributed by atoms with van der Waals surface area (Å²) in [5.41, 5.74) is 0.948. The number of rotatable bonds is 3. The van der Waals surface area contributed by atoms with Crippen LogP contribution in [0.1, 0.15) is 19.0 Å². The summed E-state index contributed by atoms with van der Waals surface area (Å²) >= 11 is 0. The summed E-state index contributed by atoms with van der Waals surface area (Å²) in [7, 11) is 0. The summed E-state index contributed by atoms with van der Waals surface area (Å²) < 4.78 is 5.44. The van der Waals surface area contributed by atoms with Crippen molar-refractivity contribution >= 4 is 0 Å². The van der Waals surface area contributed by atoms with Gasteiger partial charge in [-0.25, -0.2) is 0 Å². The molecule has 1 aliphatic rings. The Labute approximate surface area is 90.1 Å². The van der Waals surface area contributed by atoms with Crippen LogP contribution >= 0.6 is 0 Å². The molecule has 1 saturated heterocycles. The van der Waals surface area contributed by atoms with Gasteiger partial charge < -0.3 is 9.84 Å². The molecule has 1 fully saturated rings. The minimum atomic E-state index is -0.336. The van der Waals surface area contributed by atoms with Crippen molar-refractivity contribution in [3.63, 3.8) is 0 Å². The lowest BCUT2D eigenvalue weighted by Gasteiger charge is -2.20. The van der Waals surface area contributed by atoms with Gasteiger partial charge in [0, 0.05) is 30.8 Å². The quantitative estimate of drug-likeness (QED) is 0.815. The average molecular weight is 207 g/mol. The summed E-state index contributed by atoms with van der Waals surface area (Å²) in [5.74, 6) is 0.256. The molecule has 0 saturated carbocycles. The van der Waals surface area contributed by atoms with E-state index < -0.39 is 0 Å². The molecule has 1 aliphatic heterocycles. The van der Waals surface area contributed by atoms with E-state index in [1.54, 1.807) is 6.20 Å². The Bertz CT molecular complexity index is 302. The minimum Gasteiger partial charge on any atom is -0.392 e. The zero-order valence-corrected chi connectivity index (χ0v) is 8.97. The second-order valence-corrected chi connectivity index (χ2v) is 4.12. The number of hydrogen-bond acceptors (Lipinski definition) is 3. The van der Waals surface area contributed by atoms with E-state index >= 15 is 0 Å². The van der Waals surface area contributed by atoms with E-state index in [1.807, 2.05) is 25.1 Å². The molecule has 82 valence electrons. The molecule has 0 amide bonds. The van der Waals surface area contributed by atoms with Crippen LogP contribution in [0.15, 0.2) is 24.4 Å². The van der Waals surface area contributed by atoms with Crippen LogP contribution in [0.5, 0.6) is 0 Å². The molecule has 1 aromatic heterocycles. The Morgan fingerprint density at radius 1 is 1.60 bits per heavy atom. The topological polar surface area (TPSA) is 42.4 Å². The SMILES string of the molecule is CC1OCCC1C(O)Cc1ccccn1. The molecular formula is C12H17NO2. The summed E-state index contributed by atoms with van der Waals surface area (Å²) in [6.07, 6.45) is 3.17. The van der Waals surface area contributed by atoms with Crippen molar-refractivity contribution in [1.82, 2.24) is 4.98 Å². The van der Waals surface area contributed by atoms with E-state index in [9.17, 15) is 5.11 Å². The molecule has 2 heterocycles. The molecule has 0 aromatic carbocycles. The molecule has 0 bridgehead atoms. The maximum Gasteiger partial charge on any atom is 0.0649 e. The first-order valence-electron chi connectivity index (χ1n) is 5.47. The second kappa shape index (κ2) is 4.73. The third-order valence-electron chi connectivity index (χ3n) is 3.07. The van der Waals surface area contributed by atoms with Gasteiger partial charge in [-0.2, -0.15) is 0 Å². The molecule has 0 aliphatic carbocycles. The fourth-order valence-electron chi connectivity index (χ4n) is 2.14. The van der Waals surface area contributed by atoms with E-state index in [0.717, 1.165) is 18.7 Å². The fourth-order valence-corrected chi connectivity index (χ4v) is 2.14. The van der Waals surface area contributed by atoms with Crippen LogP contribution in [-0.2, 0) is 11.2 Å². The van der Waals surface area contributed by atoms with Gasteiger partial charge in [-0.05, 0) is 25.5 Å². The molecule has 1 aromatic rings. The average Bonchev–Trinajstić information content (AvgIpc) is 2.66. The van der Waals surface area contributed by atoms with Crippen molar-refractivity contribution in [2.24, 2.45) is 5.92 Å². The van der Waals surface area contributed by atoms with Crippen LogP contribution in [0.4, 0.5) is 0 Å². The highest BCUT2D eigenvalue weighted by atomic mass is 16.5. The Morgan fingerprint density at radius 3 is 3.07 bits per heavy atom. The number of ether oxygens (including phenoxy) is 1. The van der Waals surface area contributed by atoms with Crippen molar-refractivity contribution in [2.75, 3.05) is 6.61 Å². The molecule has 0 radical (unpaired) electrons. The number of aromatic nitrogens is 1. The van der Waals surface area contributed by atoms with Crippen LogP contribution in [0.3, 0.4) is 0 Å². The summed E-state index contributed by atoms with van der Waals surface area (Å²) in [4.78, 5) is 4.21. The lowest BCUT2D eigenvalue weighted by Crippen LogP contribution is -2.28. The normalized spacial score (nSPS) is 27.9. The highest BCUT2D eigenvalue weighted by molar-refractivity contribution is 5.05. The monoisotopic (exact) mass is 207 g/mol. The predicted molar refractivity (Wildman–Crippen MR) is 57.5 cm³/mol. The molecule has 3 unspecified atom stereocenters. The molecule has 3 nitrogen and oxygen atoms in total. The first-order chi connectivity index (χ1) is 7.27. The van der Waals surface area contributed by atoms with Crippen LogP contribution in [0.25, 0.3) is 0 Å². The summed E-state index contributed by atoms with van der Waals surface area (Å²) in [5, 5.41) is 10.1. The Hall–Kier alpha value is -0.930. The first-order valence-corrected chi connectivity index (χ1v) is 5.47. The summed E-state index contributed by atoms with van der Waals surface area (Å²) in [6, 6.07) is 5.78. The van der Waals surface area contributed by atoms with Gasteiger partial charge in [0.05, 0.1) is 12.2 Å². The lowest BCUT2D eigenvalue weighted by molar-refractivity contribution is 0.0436. The minimum absolute atomic E-state index is 0.170. The van der Waals surface area contributed by atoms with Crippen LogP contribution in [0, 0.1) is 5.92 Å². The third kappa shape index (κ3) is 2.55. The van der Waals surface area contributed by atoms with Crippen molar-refractivity contribution in [3.8, 4) is 0 Å². The van der Waals surface area contributed by atoms with E-state index in [4.69, 9.17) is 4.74 Å². The highest BCUT2D eigenvalue weighted by Gasteiger charge is 2.30.